The number of carbonyl (C=O) groups is 3. The highest BCUT2D eigenvalue weighted by Gasteiger charge is 2.55. The maximum absolute atomic E-state index is 12.6. The van der Waals surface area contributed by atoms with E-state index in [2.05, 4.69) is 5.32 Å². The van der Waals surface area contributed by atoms with Crippen molar-refractivity contribution in [2.24, 2.45) is 11.3 Å². The van der Waals surface area contributed by atoms with Gasteiger partial charge in [0.25, 0.3) is 10.1 Å². The summed E-state index contributed by atoms with van der Waals surface area (Å²) in [6, 6.07) is 0. The molecule has 10 nitrogen and oxygen atoms in total. The number of ether oxygens (including phenoxy) is 1. The summed E-state index contributed by atoms with van der Waals surface area (Å²) < 4.78 is 35.9. The van der Waals surface area contributed by atoms with E-state index in [-0.39, 0.29) is 25.3 Å². The number of amides is 1. The minimum atomic E-state index is -4.21. The molecule has 3 N–H and O–H groups in total. The van der Waals surface area contributed by atoms with Crippen LogP contribution >= 0.6 is 0 Å². The lowest BCUT2D eigenvalue weighted by Crippen LogP contribution is -2.59. The van der Waals surface area contributed by atoms with Gasteiger partial charge in [-0.3, -0.25) is 13.8 Å². The minimum absolute atomic E-state index is 0.0625. The van der Waals surface area contributed by atoms with Crippen LogP contribution in [0.4, 0.5) is 0 Å². The van der Waals surface area contributed by atoms with Crippen molar-refractivity contribution >= 4 is 28.0 Å². The number of hydrogen-bond acceptors (Lipinski definition) is 8. The second-order valence-corrected chi connectivity index (χ2v) is 9.97. The molecule has 3 atom stereocenters. The van der Waals surface area contributed by atoms with Crippen LogP contribution < -0.4 is 5.32 Å². The summed E-state index contributed by atoms with van der Waals surface area (Å²) in [7, 11) is -4.21. The maximum atomic E-state index is 12.6. The number of nitrogens with one attached hydrogen (secondary N) is 1. The first-order chi connectivity index (χ1) is 13.5. The van der Waals surface area contributed by atoms with Crippen LogP contribution in [0.25, 0.3) is 0 Å². The van der Waals surface area contributed by atoms with Crippen molar-refractivity contribution in [1.82, 2.24) is 5.32 Å². The Morgan fingerprint density at radius 2 is 1.67 bits per heavy atom. The van der Waals surface area contributed by atoms with Crippen molar-refractivity contribution in [3.05, 3.63) is 0 Å². The smallest absolute Gasteiger partial charge is 0.336 e. The van der Waals surface area contributed by atoms with Gasteiger partial charge in [0.15, 0.2) is 5.60 Å². The number of aliphatic hydroxyl groups is 1. The molecule has 0 aromatic rings. The molecule has 11 heteroatoms. The zero-order valence-electron chi connectivity index (χ0n) is 18.7. The van der Waals surface area contributed by atoms with Gasteiger partial charge in [0.2, 0.25) is 5.91 Å². The van der Waals surface area contributed by atoms with Crippen molar-refractivity contribution < 1.29 is 41.9 Å². The molecule has 176 valence electrons. The van der Waals surface area contributed by atoms with Crippen LogP contribution in [0.3, 0.4) is 0 Å². The number of hydrogen-bond donors (Lipinski definition) is 3. The van der Waals surface area contributed by atoms with Gasteiger partial charge in [-0.05, 0) is 19.8 Å². The third kappa shape index (κ3) is 7.84. The minimum Gasteiger partial charge on any atom is -0.479 e. The zero-order valence-corrected chi connectivity index (χ0v) is 19.5. The van der Waals surface area contributed by atoms with Gasteiger partial charge in [-0.1, -0.05) is 34.6 Å². The Bertz CT molecular complexity index is 714. The lowest BCUT2D eigenvalue weighted by molar-refractivity contribution is -0.191. The summed E-state index contributed by atoms with van der Waals surface area (Å²) >= 11 is 0. The Hall–Kier alpha value is -1.72. The molecule has 0 saturated heterocycles. The molecular formula is C19H35NO9S. The fraction of sp³-hybridized carbons (Fsp3) is 0.842. The fourth-order valence-corrected chi connectivity index (χ4v) is 3.84. The Balaban J connectivity index is 5.91. The van der Waals surface area contributed by atoms with Gasteiger partial charge in [0.1, 0.15) is 12.2 Å². The van der Waals surface area contributed by atoms with Crippen LogP contribution in [0, 0.1) is 11.3 Å². The highest BCUT2D eigenvalue weighted by Crippen LogP contribution is 2.40. The van der Waals surface area contributed by atoms with E-state index in [0.717, 1.165) is 6.92 Å². The maximum Gasteiger partial charge on any atom is 0.336 e. The molecule has 0 saturated carbocycles. The van der Waals surface area contributed by atoms with E-state index in [1.54, 1.807) is 20.8 Å². The molecule has 0 aliphatic rings. The van der Waals surface area contributed by atoms with Crippen LogP contribution in [-0.4, -0.2) is 66.6 Å². The van der Waals surface area contributed by atoms with E-state index < -0.39 is 57.0 Å². The summed E-state index contributed by atoms with van der Waals surface area (Å²) in [6.45, 7) is 9.94. The highest BCUT2D eigenvalue weighted by atomic mass is 32.2. The van der Waals surface area contributed by atoms with E-state index in [9.17, 15) is 33.0 Å². The Morgan fingerprint density at radius 3 is 2.07 bits per heavy atom. The van der Waals surface area contributed by atoms with Crippen LogP contribution in [0.15, 0.2) is 0 Å². The first-order valence-corrected chi connectivity index (χ1v) is 11.4. The Labute approximate surface area is 178 Å². The van der Waals surface area contributed by atoms with Crippen LogP contribution in [0.5, 0.6) is 0 Å². The third-order valence-electron chi connectivity index (χ3n) is 5.06. The summed E-state index contributed by atoms with van der Waals surface area (Å²) in [5.74, 6) is -3.45. The third-order valence-corrected chi connectivity index (χ3v) is 6.35. The van der Waals surface area contributed by atoms with Gasteiger partial charge in [-0.15, -0.1) is 0 Å². The Morgan fingerprint density at radius 1 is 1.13 bits per heavy atom. The summed E-state index contributed by atoms with van der Waals surface area (Å²) in [4.78, 5) is 34.7. The van der Waals surface area contributed by atoms with Crippen molar-refractivity contribution in [2.75, 3.05) is 12.3 Å². The largest absolute Gasteiger partial charge is 0.479 e. The molecule has 0 aliphatic carbocycles. The average Bonchev–Trinajstić information content (AvgIpc) is 2.60. The van der Waals surface area contributed by atoms with Gasteiger partial charge in [0.05, 0.1) is 11.7 Å². The number of carboxylic acids is 1. The molecule has 0 aromatic carbocycles. The lowest BCUT2D eigenvalue weighted by atomic mass is 9.70. The van der Waals surface area contributed by atoms with Gasteiger partial charge in [-0.25, -0.2) is 4.79 Å². The van der Waals surface area contributed by atoms with Crippen molar-refractivity contribution in [3.8, 4) is 0 Å². The van der Waals surface area contributed by atoms with Crippen molar-refractivity contribution in [3.63, 3.8) is 0 Å². The second-order valence-electron chi connectivity index (χ2n) is 8.25. The molecule has 0 bridgehead atoms. The summed E-state index contributed by atoms with van der Waals surface area (Å²) in [5, 5.41) is 22.5. The van der Waals surface area contributed by atoms with E-state index in [1.165, 1.54) is 20.8 Å². The first kappa shape index (κ1) is 28.3. The number of rotatable bonds is 13. The molecule has 2 unspecified atom stereocenters. The van der Waals surface area contributed by atoms with Crippen molar-refractivity contribution in [2.45, 2.75) is 79.1 Å². The van der Waals surface area contributed by atoms with Crippen molar-refractivity contribution in [1.29, 1.82) is 0 Å². The highest BCUT2D eigenvalue weighted by molar-refractivity contribution is 7.86. The molecule has 0 rings (SSSR count). The molecule has 0 radical (unpaired) electrons. The SMILES string of the molecule is CCC(OC(=O)C(C)C)C(OS(=O)(=O)CCCNC(C)=O)C(C)(C)[C@@](C)(O)C(=O)O. The van der Waals surface area contributed by atoms with Crippen LogP contribution in [0.1, 0.15) is 61.3 Å². The van der Waals surface area contributed by atoms with E-state index in [4.69, 9.17) is 8.92 Å². The molecule has 0 fully saturated rings. The standard InChI is InChI=1S/C19H35NO9S/c1-8-14(28-16(22)12(2)3)15(18(5,6)19(7,25)17(23)24)29-30(26,27)11-9-10-20-13(4)21/h12,14-15,25H,8-11H2,1-7H3,(H,20,21)(H,23,24)/t14?,15?,19-/m0/s1. The van der Waals surface area contributed by atoms with Crippen LogP contribution in [-0.2, 0) is 33.4 Å². The lowest BCUT2D eigenvalue weighted by Gasteiger charge is -2.44. The average molecular weight is 454 g/mol. The van der Waals surface area contributed by atoms with Gasteiger partial charge < -0.3 is 20.3 Å². The van der Waals surface area contributed by atoms with Gasteiger partial charge >= 0.3 is 11.9 Å². The quantitative estimate of drug-likeness (QED) is 0.211. The topological polar surface area (TPSA) is 156 Å². The first-order valence-electron chi connectivity index (χ1n) is 9.81. The predicted molar refractivity (Wildman–Crippen MR) is 109 cm³/mol. The fourth-order valence-electron chi connectivity index (χ4n) is 2.56. The van der Waals surface area contributed by atoms with E-state index in [1.807, 2.05) is 0 Å². The number of aliphatic carboxylic acids is 1. The predicted octanol–water partition coefficient (Wildman–Crippen LogP) is 1.07. The molecule has 0 aromatic heterocycles. The molecule has 0 heterocycles. The number of carboxylic acid groups (broad SMARTS) is 1. The normalized spacial score (nSPS) is 16.4. The van der Waals surface area contributed by atoms with E-state index in [0.29, 0.717) is 0 Å². The number of carbonyl (C=O) groups excluding carboxylic acids is 2. The Kier molecular flexibility index (Phi) is 10.4. The van der Waals surface area contributed by atoms with Gasteiger partial charge in [-0.2, -0.15) is 8.42 Å². The second kappa shape index (κ2) is 11.1. The van der Waals surface area contributed by atoms with Gasteiger partial charge in [0, 0.05) is 18.9 Å². The van der Waals surface area contributed by atoms with Crippen LogP contribution in [0.2, 0.25) is 0 Å². The molecular weight excluding hydrogens is 418 g/mol. The molecule has 30 heavy (non-hydrogen) atoms. The molecule has 0 spiro atoms. The van der Waals surface area contributed by atoms with E-state index >= 15 is 0 Å². The molecule has 1 amide bonds. The monoisotopic (exact) mass is 453 g/mol. The number of esters is 1. The zero-order chi connectivity index (χ0) is 23.9. The summed E-state index contributed by atoms with van der Waals surface area (Å²) in [5.41, 5.74) is -4.05. The summed E-state index contributed by atoms with van der Waals surface area (Å²) in [6.07, 6.45) is -2.40. The molecule has 0 aliphatic heterocycles.